The van der Waals surface area contributed by atoms with Crippen LogP contribution in [0.25, 0.3) is 0 Å². The quantitative estimate of drug-likeness (QED) is 0.677. The van der Waals surface area contributed by atoms with Crippen molar-refractivity contribution in [3.63, 3.8) is 0 Å². The van der Waals surface area contributed by atoms with Crippen LogP contribution in [0.15, 0.2) is 47.6 Å². The molecule has 1 amide bonds. The van der Waals surface area contributed by atoms with E-state index in [1.54, 1.807) is 25.3 Å². The van der Waals surface area contributed by atoms with Crippen molar-refractivity contribution in [1.29, 1.82) is 0 Å². The highest BCUT2D eigenvalue weighted by Gasteiger charge is 2.14. The van der Waals surface area contributed by atoms with Crippen molar-refractivity contribution in [2.24, 2.45) is 5.10 Å². The molecule has 6 heteroatoms. The molecule has 1 atom stereocenters. The highest BCUT2D eigenvalue weighted by molar-refractivity contribution is 5.85. The van der Waals surface area contributed by atoms with Crippen molar-refractivity contribution in [2.45, 2.75) is 20.0 Å². The maximum atomic E-state index is 12.0. The fraction of sp³-hybridized carbons (Fsp3) is 0.222. The molecule has 6 nitrogen and oxygen atoms in total. The molecule has 0 radical (unpaired) electrons. The lowest BCUT2D eigenvalue weighted by Crippen LogP contribution is -2.33. The summed E-state index contributed by atoms with van der Waals surface area (Å²) in [6.07, 6.45) is 0.889. The summed E-state index contributed by atoms with van der Waals surface area (Å²) in [5, 5.41) is 3.95. The van der Waals surface area contributed by atoms with Crippen LogP contribution < -0.4 is 19.6 Å². The summed E-state index contributed by atoms with van der Waals surface area (Å²) in [6.45, 7) is 3.86. The van der Waals surface area contributed by atoms with Gasteiger partial charge in [0.15, 0.2) is 17.6 Å². The van der Waals surface area contributed by atoms with Crippen molar-refractivity contribution in [2.75, 3.05) is 6.79 Å². The second-order valence-corrected chi connectivity index (χ2v) is 5.42. The lowest BCUT2D eigenvalue weighted by atomic mass is 10.2. The van der Waals surface area contributed by atoms with Crippen molar-refractivity contribution in [3.8, 4) is 17.2 Å². The maximum Gasteiger partial charge on any atom is 0.280 e. The molecule has 0 saturated carbocycles. The van der Waals surface area contributed by atoms with Gasteiger partial charge >= 0.3 is 0 Å². The normalized spacial score (nSPS) is 13.8. The van der Waals surface area contributed by atoms with E-state index >= 15 is 0 Å². The van der Waals surface area contributed by atoms with E-state index in [0.717, 1.165) is 11.1 Å². The molecular formula is C18H18N2O4. The van der Waals surface area contributed by atoms with Gasteiger partial charge in [-0.15, -0.1) is 0 Å². The van der Waals surface area contributed by atoms with Gasteiger partial charge in [-0.05, 0) is 55.3 Å². The smallest absolute Gasteiger partial charge is 0.280 e. The topological polar surface area (TPSA) is 69.2 Å². The minimum atomic E-state index is -0.652. The number of hydrogen-bond acceptors (Lipinski definition) is 5. The number of benzene rings is 2. The molecule has 2 aromatic carbocycles. The molecule has 0 saturated heterocycles. The molecule has 0 spiro atoms. The fourth-order valence-corrected chi connectivity index (χ4v) is 2.20. The number of hydrogen-bond donors (Lipinski definition) is 1. The van der Waals surface area contributed by atoms with Gasteiger partial charge in [0, 0.05) is 0 Å². The average Bonchev–Trinajstić information content (AvgIpc) is 3.02. The number of carbonyl (C=O) groups excluding carboxylic acids is 1. The summed E-state index contributed by atoms with van der Waals surface area (Å²) in [5.74, 6) is 1.70. The van der Waals surface area contributed by atoms with Crippen LogP contribution in [0.2, 0.25) is 0 Å². The van der Waals surface area contributed by atoms with Crippen LogP contribution >= 0.6 is 0 Å². The van der Waals surface area contributed by atoms with E-state index in [1.165, 1.54) is 0 Å². The Bertz CT molecular complexity index is 773. The van der Waals surface area contributed by atoms with E-state index in [4.69, 9.17) is 14.2 Å². The Hall–Kier alpha value is -3.02. The van der Waals surface area contributed by atoms with Crippen molar-refractivity contribution >= 4 is 12.1 Å². The van der Waals surface area contributed by atoms with Gasteiger partial charge in [-0.3, -0.25) is 4.79 Å². The molecule has 3 rings (SSSR count). The van der Waals surface area contributed by atoms with Gasteiger partial charge < -0.3 is 14.2 Å². The van der Waals surface area contributed by atoms with E-state index in [-0.39, 0.29) is 12.7 Å². The third kappa shape index (κ3) is 3.84. The molecular weight excluding hydrogens is 308 g/mol. The van der Waals surface area contributed by atoms with Crippen LogP contribution in [0, 0.1) is 6.92 Å². The highest BCUT2D eigenvalue weighted by Crippen LogP contribution is 2.31. The van der Waals surface area contributed by atoms with Crippen LogP contribution in [0.4, 0.5) is 0 Å². The second-order valence-electron chi connectivity index (χ2n) is 5.42. The zero-order chi connectivity index (χ0) is 16.9. The van der Waals surface area contributed by atoms with E-state index in [9.17, 15) is 4.79 Å². The molecule has 0 aromatic heterocycles. The predicted molar refractivity (Wildman–Crippen MR) is 89.6 cm³/mol. The molecule has 0 aliphatic carbocycles. The Kier molecular flexibility index (Phi) is 4.65. The van der Waals surface area contributed by atoms with E-state index < -0.39 is 6.10 Å². The molecule has 1 heterocycles. The van der Waals surface area contributed by atoms with Crippen LogP contribution in [-0.4, -0.2) is 25.0 Å². The lowest BCUT2D eigenvalue weighted by molar-refractivity contribution is -0.127. The molecule has 2 aromatic rings. The van der Waals surface area contributed by atoms with Crippen LogP contribution in [0.1, 0.15) is 18.1 Å². The van der Waals surface area contributed by atoms with Gasteiger partial charge in [-0.1, -0.05) is 12.1 Å². The number of nitrogens with zero attached hydrogens (tertiary/aromatic N) is 1. The monoisotopic (exact) mass is 326 g/mol. The minimum Gasteiger partial charge on any atom is -0.481 e. The largest absolute Gasteiger partial charge is 0.481 e. The van der Waals surface area contributed by atoms with Gasteiger partial charge in [0.1, 0.15) is 5.75 Å². The van der Waals surface area contributed by atoms with Gasteiger partial charge in [0.25, 0.3) is 5.91 Å². The third-order valence-corrected chi connectivity index (χ3v) is 3.46. The number of fused-ring (bicyclic) bond motifs is 1. The third-order valence-electron chi connectivity index (χ3n) is 3.46. The number of rotatable bonds is 5. The molecule has 24 heavy (non-hydrogen) atoms. The number of hydrazone groups is 1. The molecule has 1 aliphatic heterocycles. The van der Waals surface area contributed by atoms with E-state index in [1.807, 2.05) is 37.3 Å². The summed E-state index contributed by atoms with van der Waals surface area (Å²) in [4.78, 5) is 12.0. The van der Waals surface area contributed by atoms with Gasteiger partial charge in [-0.25, -0.2) is 5.43 Å². The first-order valence-electron chi connectivity index (χ1n) is 7.58. The molecule has 1 N–H and O–H groups in total. The van der Waals surface area contributed by atoms with Crippen molar-refractivity contribution < 1.29 is 19.0 Å². The van der Waals surface area contributed by atoms with Crippen LogP contribution in [0.3, 0.4) is 0 Å². The molecule has 0 bridgehead atoms. The Labute approximate surface area is 140 Å². The molecule has 1 aliphatic rings. The summed E-state index contributed by atoms with van der Waals surface area (Å²) >= 11 is 0. The Morgan fingerprint density at radius 2 is 2.08 bits per heavy atom. The first-order valence-corrected chi connectivity index (χ1v) is 7.58. The van der Waals surface area contributed by atoms with Crippen molar-refractivity contribution in [3.05, 3.63) is 53.6 Å². The summed E-state index contributed by atoms with van der Waals surface area (Å²) in [6, 6.07) is 13.0. The average molecular weight is 326 g/mol. The number of aryl methyl sites for hydroxylation is 1. The van der Waals surface area contributed by atoms with Crippen molar-refractivity contribution in [1.82, 2.24) is 5.43 Å². The van der Waals surface area contributed by atoms with Crippen LogP contribution in [0.5, 0.6) is 17.2 Å². The number of nitrogens with one attached hydrogen (secondary N) is 1. The maximum absolute atomic E-state index is 12.0. The highest BCUT2D eigenvalue weighted by atomic mass is 16.7. The predicted octanol–water partition coefficient (Wildman–Crippen LogP) is 2.64. The zero-order valence-electron chi connectivity index (χ0n) is 13.5. The Morgan fingerprint density at radius 3 is 2.92 bits per heavy atom. The van der Waals surface area contributed by atoms with E-state index in [2.05, 4.69) is 10.5 Å². The first kappa shape index (κ1) is 15.9. The van der Waals surface area contributed by atoms with Crippen LogP contribution in [-0.2, 0) is 4.79 Å². The summed E-state index contributed by atoms with van der Waals surface area (Å²) < 4.78 is 16.1. The number of amides is 1. The lowest BCUT2D eigenvalue weighted by Gasteiger charge is -2.13. The van der Waals surface area contributed by atoms with E-state index in [0.29, 0.717) is 17.2 Å². The Balaban J connectivity index is 1.54. The molecule has 124 valence electrons. The number of ether oxygens (including phenoxy) is 3. The fourth-order valence-electron chi connectivity index (χ4n) is 2.20. The van der Waals surface area contributed by atoms with Gasteiger partial charge in [0.2, 0.25) is 6.79 Å². The van der Waals surface area contributed by atoms with Gasteiger partial charge in [0.05, 0.1) is 6.21 Å². The molecule has 0 unspecified atom stereocenters. The Morgan fingerprint density at radius 1 is 1.25 bits per heavy atom. The molecule has 0 fully saturated rings. The summed E-state index contributed by atoms with van der Waals surface area (Å²) in [5.41, 5.74) is 4.34. The summed E-state index contributed by atoms with van der Waals surface area (Å²) in [7, 11) is 0. The number of carbonyl (C=O) groups is 1. The first-order chi connectivity index (χ1) is 11.6. The van der Waals surface area contributed by atoms with Gasteiger partial charge in [-0.2, -0.15) is 5.10 Å². The zero-order valence-corrected chi connectivity index (χ0v) is 13.5. The SMILES string of the molecule is Cc1cccc(O[C@@H](C)C(=O)N/N=C/c2ccc3c(c2)OCO3)c1. The minimum absolute atomic E-state index is 0.223. The second kappa shape index (κ2) is 7.04. The standard InChI is InChI=1S/C18H18N2O4/c1-12-4-3-5-15(8-12)24-13(2)18(21)20-19-10-14-6-7-16-17(9-14)23-11-22-16/h3-10,13H,11H2,1-2H3,(H,20,21)/b19-10+/t13-/m0/s1.